The van der Waals surface area contributed by atoms with Crippen LogP contribution in [0.1, 0.15) is 6.92 Å². The first-order chi connectivity index (χ1) is 16.1. The molecule has 36 heavy (non-hydrogen) atoms. The summed E-state index contributed by atoms with van der Waals surface area (Å²) in [4.78, 5) is 63.1. The molecule has 0 aliphatic heterocycles. The first kappa shape index (κ1) is 43.9. The van der Waals surface area contributed by atoms with Gasteiger partial charge in [-0.05, 0) is 19.1 Å². The smallest absolute Gasteiger partial charge is 0.402 e. The van der Waals surface area contributed by atoms with Crippen LogP contribution in [0.5, 0.6) is 0 Å². The fraction of sp³-hybridized carbons (Fsp3) is 0.133. The van der Waals surface area contributed by atoms with Crippen molar-refractivity contribution in [2.24, 2.45) is 34.4 Å². The second kappa shape index (κ2) is 31.3. The summed E-state index contributed by atoms with van der Waals surface area (Å²) in [6.45, 7) is 1.61. The van der Waals surface area contributed by atoms with Gasteiger partial charge in [-0.2, -0.15) is 0 Å². The van der Waals surface area contributed by atoms with E-state index < -0.39 is 48.6 Å². The number of benzene rings is 1. The zero-order chi connectivity index (χ0) is 30.4. The number of carbonyl (C=O) groups is 7. The number of nitrogens with one attached hydrogen (secondary N) is 1. The van der Waals surface area contributed by atoms with Gasteiger partial charge in [-0.1, -0.05) is 18.2 Å². The highest BCUT2D eigenvalue weighted by Gasteiger charge is 2.08. The van der Waals surface area contributed by atoms with Crippen molar-refractivity contribution in [1.82, 2.24) is 0 Å². The Labute approximate surface area is 201 Å². The van der Waals surface area contributed by atoms with Crippen molar-refractivity contribution < 1.29 is 69.3 Å². The van der Waals surface area contributed by atoms with Gasteiger partial charge < -0.3 is 75.5 Å². The van der Waals surface area contributed by atoms with Crippen LogP contribution in [-0.4, -0.2) is 84.3 Å². The van der Waals surface area contributed by atoms with E-state index >= 15 is 0 Å². The standard InChI is InChI=1S/C9H11NO2.6CH3NO2/c1-7(9(11)12)10-8-5-3-2-4-6-8;6*2-1(3)4/h2-7,10H,1H3,(H,11,12);6*2H2,(H,3,4)/t7-;;;;;;/m0....../s1. The normalized spacial score (nSPS) is 8.03. The molecule has 0 bridgehead atoms. The third-order valence-corrected chi connectivity index (χ3v) is 1.53. The van der Waals surface area contributed by atoms with Gasteiger partial charge in [-0.3, -0.25) is 4.79 Å². The topological polar surface area (TPSA) is 429 Å². The Kier molecular flexibility index (Phi) is 38.2. The average Bonchev–Trinajstić information content (AvgIpc) is 2.59. The number of anilines is 1. The van der Waals surface area contributed by atoms with Gasteiger partial charge in [0.2, 0.25) is 0 Å². The second-order valence-corrected chi connectivity index (χ2v) is 4.60. The predicted octanol–water partition coefficient (Wildman–Crippen LogP) is -0.690. The lowest BCUT2D eigenvalue weighted by molar-refractivity contribution is -0.137. The van der Waals surface area contributed by atoms with Gasteiger partial charge in [0.05, 0.1) is 0 Å². The highest BCUT2D eigenvalue weighted by molar-refractivity contribution is 5.76. The van der Waals surface area contributed by atoms with E-state index in [2.05, 4.69) is 39.7 Å². The Balaban J connectivity index is -0.0000000797. The van der Waals surface area contributed by atoms with Crippen molar-refractivity contribution in [3.05, 3.63) is 30.3 Å². The number of rotatable bonds is 3. The maximum atomic E-state index is 10.4. The number of carboxylic acid groups (broad SMARTS) is 7. The average molecular weight is 531 g/mol. The van der Waals surface area contributed by atoms with Crippen LogP contribution in [0.4, 0.5) is 34.5 Å². The quantitative estimate of drug-likeness (QED) is 0.229. The van der Waals surface area contributed by atoms with E-state index in [0.29, 0.717) is 0 Å². The third-order valence-electron chi connectivity index (χ3n) is 1.53. The molecule has 0 fully saturated rings. The van der Waals surface area contributed by atoms with Gasteiger partial charge in [-0.25, -0.2) is 28.8 Å². The molecule has 0 unspecified atom stereocenters. The number of aliphatic carboxylic acids is 1. The summed E-state index contributed by atoms with van der Waals surface area (Å²) in [5.41, 5.74) is 25.0. The number of nitrogens with two attached hydrogens (primary N) is 6. The molecule has 208 valence electrons. The van der Waals surface area contributed by atoms with E-state index in [0.717, 1.165) is 5.69 Å². The van der Waals surface area contributed by atoms with E-state index in [9.17, 15) is 4.79 Å². The molecular weight excluding hydrogens is 502 g/mol. The third kappa shape index (κ3) is 202. The number of amides is 6. The van der Waals surface area contributed by atoms with Gasteiger partial charge in [0.1, 0.15) is 6.04 Å². The summed E-state index contributed by atoms with van der Waals surface area (Å²) < 4.78 is 0. The Bertz CT molecular complexity index is 660. The minimum absolute atomic E-state index is 0.549. The van der Waals surface area contributed by atoms with Crippen LogP contribution in [-0.2, 0) is 4.79 Å². The lowest BCUT2D eigenvalue weighted by Crippen LogP contribution is -2.25. The molecule has 0 spiro atoms. The molecule has 21 nitrogen and oxygen atoms in total. The maximum absolute atomic E-state index is 10.4. The molecule has 0 aliphatic carbocycles. The maximum Gasteiger partial charge on any atom is 0.402 e. The molecule has 1 aromatic carbocycles. The number of hydrogen-bond acceptors (Lipinski definition) is 8. The van der Waals surface area contributed by atoms with Crippen LogP contribution >= 0.6 is 0 Å². The lowest BCUT2D eigenvalue weighted by atomic mass is 10.3. The number of primary amides is 6. The molecular formula is C15H29N7O14. The number of hydrogen-bond donors (Lipinski definition) is 14. The van der Waals surface area contributed by atoms with E-state index in [-0.39, 0.29) is 0 Å². The molecule has 21 heteroatoms. The molecule has 0 radical (unpaired) electrons. The first-order valence-corrected chi connectivity index (χ1v) is 8.04. The SMILES string of the molecule is C[C@H](Nc1ccccc1)C(=O)O.NC(=O)O.NC(=O)O.NC(=O)O.NC(=O)O.NC(=O)O.NC(=O)O. The van der Waals surface area contributed by atoms with E-state index in [1.54, 1.807) is 6.92 Å². The minimum atomic E-state index is -1.33. The molecule has 6 amide bonds. The van der Waals surface area contributed by atoms with Crippen LogP contribution in [0.2, 0.25) is 0 Å². The van der Waals surface area contributed by atoms with Crippen molar-refractivity contribution in [2.75, 3.05) is 5.32 Å². The van der Waals surface area contributed by atoms with Crippen LogP contribution in [0.3, 0.4) is 0 Å². The van der Waals surface area contributed by atoms with Gasteiger partial charge >= 0.3 is 42.5 Å². The summed E-state index contributed by atoms with van der Waals surface area (Å²) in [5.74, 6) is -0.848. The molecule has 1 rings (SSSR count). The van der Waals surface area contributed by atoms with E-state index in [1.165, 1.54) is 0 Å². The molecule has 0 aliphatic rings. The van der Waals surface area contributed by atoms with Crippen molar-refractivity contribution >= 4 is 48.2 Å². The van der Waals surface area contributed by atoms with Gasteiger partial charge in [0.15, 0.2) is 0 Å². The minimum Gasteiger partial charge on any atom is -0.480 e. The van der Waals surface area contributed by atoms with Crippen LogP contribution in [0.25, 0.3) is 0 Å². The Morgan fingerprint density at radius 3 is 0.917 bits per heavy atom. The van der Waals surface area contributed by atoms with Gasteiger partial charge in [-0.15, -0.1) is 0 Å². The molecule has 1 atom stereocenters. The van der Waals surface area contributed by atoms with E-state index in [1.807, 2.05) is 30.3 Å². The lowest BCUT2D eigenvalue weighted by Gasteiger charge is -2.09. The van der Waals surface area contributed by atoms with Crippen LogP contribution in [0, 0.1) is 0 Å². The van der Waals surface area contributed by atoms with Crippen molar-refractivity contribution in [1.29, 1.82) is 0 Å². The largest absolute Gasteiger partial charge is 0.480 e. The summed E-state index contributed by atoms with van der Waals surface area (Å²) >= 11 is 0. The fourth-order valence-corrected chi connectivity index (χ4v) is 0.846. The summed E-state index contributed by atoms with van der Waals surface area (Å²) in [5, 5.41) is 54.6. The monoisotopic (exact) mass is 531 g/mol. The zero-order valence-electron chi connectivity index (χ0n) is 18.4. The number of para-hydroxylation sites is 1. The number of carboxylic acids is 1. The fourth-order valence-electron chi connectivity index (χ4n) is 0.846. The highest BCUT2D eigenvalue weighted by Crippen LogP contribution is 2.06. The van der Waals surface area contributed by atoms with E-state index in [4.69, 9.17) is 64.5 Å². The predicted molar refractivity (Wildman–Crippen MR) is 120 cm³/mol. The Hall–Kier alpha value is -5.89. The van der Waals surface area contributed by atoms with Gasteiger partial charge in [0.25, 0.3) is 0 Å². The van der Waals surface area contributed by atoms with Gasteiger partial charge in [0, 0.05) is 5.69 Å². The molecule has 0 saturated carbocycles. The molecule has 0 saturated heterocycles. The molecule has 1 aromatic rings. The van der Waals surface area contributed by atoms with Crippen molar-refractivity contribution in [3.63, 3.8) is 0 Å². The molecule has 20 N–H and O–H groups in total. The molecule has 0 aromatic heterocycles. The van der Waals surface area contributed by atoms with Crippen molar-refractivity contribution in [3.8, 4) is 0 Å². The molecule has 0 heterocycles. The zero-order valence-corrected chi connectivity index (χ0v) is 18.4. The Morgan fingerprint density at radius 1 is 0.556 bits per heavy atom. The van der Waals surface area contributed by atoms with Crippen LogP contribution in [0.15, 0.2) is 30.3 Å². The highest BCUT2D eigenvalue weighted by atomic mass is 16.4. The summed E-state index contributed by atoms with van der Waals surface area (Å²) in [7, 11) is 0. The van der Waals surface area contributed by atoms with Crippen LogP contribution < -0.4 is 39.7 Å². The van der Waals surface area contributed by atoms with Crippen molar-refractivity contribution in [2.45, 2.75) is 13.0 Å². The second-order valence-electron chi connectivity index (χ2n) is 4.60. The summed E-state index contributed by atoms with van der Waals surface area (Å²) in [6.07, 6.45) is -8.00. The summed E-state index contributed by atoms with van der Waals surface area (Å²) in [6, 6.07) is 8.72. The first-order valence-electron chi connectivity index (χ1n) is 8.04. The Morgan fingerprint density at radius 2 is 0.750 bits per heavy atom.